The number of imidazole rings is 2. The number of halogens is 3. The number of anilines is 1. The molecular weight excluding hydrogens is 630 g/mol. The van der Waals surface area contributed by atoms with Crippen molar-refractivity contribution in [3.8, 4) is 0 Å². The van der Waals surface area contributed by atoms with Crippen molar-refractivity contribution in [1.29, 1.82) is 0 Å². The van der Waals surface area contributed by atoms with E-state index in [1.165, 1.54) is 0 Å². The van der Waals surface area contributed by atoms with E-state index in [1.807, 2.05) is 0 Å². The summed E-state index contributed by atoms with van der Waals surface area (Å²) in [6, 6.07) is 0. The average molecular weight is 649 g/mol. The molecule has 9 atom stereocenters. The van der Waals surface area contributed by atoms with Crippen LogP contribution in [0.1, 0.15) is 12.5 Å². The SMILES string of the molecule is Nc1nc2c(ncn2[C@@H]2O[C@@H]3C(O)[C@]3(F)[C@H]2OP(=O)(S)OC[C@H]2O[C@@H](n3cnc4c(=O)[nH]cnc43)C(F)(F)[C@@H]2O)c(=O)[nH]1. The Kier molecular flexibility index (Phi) is 6.15. The molecule has 1 aliphatic carbocycles. The summed E-state index contributed by atoms with van der Waals surface area (Å²) >= 11 is 3.82. The number of aliphatic hydroxyl groups excluding tert-OH is 2. The van der Waals surface area contributed by atoms with Crippen LogP contribution in [0.2, 0.25) is 0 Å². The van der Waals surface area contributed by atoms with Gasteiger partial charge in [0.2, 0.25) is 12.2 Å². The van der Waals surface area contributed by atoms with Gasteiger partial charge in [-0.05, 0) is 0 Å². The molecule has 0 spiro atoms. The van der Waals surface area contributed by atoms with Gasteiger partial charge in [0.05, 0.1) is 25.6 Å². The molecule has 230 valence electrons. The molecule has 4 aromatic heterocycles. The average Bonchev–Trinajstić information content (AvgIpc) is 3.45. The molecule has 2 unspecified atom stereocenters. The molecule has 3 fully saturated rings. The molecule has 3 aliphatic rings. The van der Waals surface area contributed by atoms with E-state index < -0.39 is 79.1 Å². The first-order valence-electron chi connectivity index (χ1n) is 12.3. The highest BCUT2D eigenvalue weighted by atomic mass is 32.7. The lowest BCUT2D eigenvalue weighted by Crippen LogP contribution is -2.39. The topological polar surface area (TPSA) is 248 Å². The van der Waals surface area contributed by atoms with Crippen molar-refractivity contribution in [1.82, 2.24) is 39.0 Å². The number of fused-ring (bicyclic) bond motifs is 3. The van der Waals surface area contributed by atoms with Crippen molar-refractivity contribution in [2.75, 3.05) is 12.3 Å². The number of hydrogen-bond acceptors (Lipinski definition) is 14. The van der Waals surface area contributed by atoms with Crippen LogP contribution in [-0.2, 0) is 23.1 Å². The van der Waals surface area contributed by atoms with Crippen molar-refractivity contribution in [2.45, 2.75) is 54.6 Å². The summed E-state index contributed by atoms with van der Waals surface area (Å²) in [6.45, 7) is -5.67. The zero-order chi connectivity index (χ0) is 30.6. The third-order valence-corrected chi connectivity index (χ3v) is 9.02. The number of thiol groups is 1. The number of nitrogens with one attached hydrogen (secondary N) is 2. The molecule has 2 aliphatic heterocycles. The number of aromatic amines is 2. The van der Waals surface area contributed by atoms with Gasteiger partial charge in [-0.1, -0.05) is 12.2 Å². The van der Waals surface area contributed by atoms with Gasteiger partial charge in [0.25, 0.3) is 11.1 Å². The Bertz CT molecular complexity index is 1940. The molecule has 0 amide bonds. The van der Waals surface area contributed by atoms with E-state index in [1.54, 1.807) is 0 Å². The van der Waals surface area contributed by atoms with Gasteiger partial charge < -0.3 is 30.4 Å². The number of H-pyrrole nitrogens is 2. The van der Waals surface area contributed by atoms with Crippen molar-refractivity contribution in [3.63, 3.8) is 0 Å². The number of nitrogens with zero attached hydrogens (tertiary/aromatic N) is 6. The highest BCUT2D eigenvalue weighted by Gasteiger charge is 2.80. The molecule has 2 saturated heterocycles. The van der Waals surface area contributed by atoms with Crippen LogP contribution in [0, 0.1) is 0 Å². The fraction of sp³-hybridized carbons (Fsp3) is 0.500. The number of rotatable bonds is 7. The van der Waals surface area contributed by atoms with Gasteiger partial charge in [0.1, 0.15) is 18.3 Å². The maximum Gasteiger partial charge on any atom is 0.386 e. The number of alkyl halides is 3. The minimum absolute atomic E-state index is 0.145. The molecule has 0 bridgehead atoms. The Morgan fingerprint density at radius 2 is 1.77 bits per heavy atom. The summed E-state index contributed by atoms with van der Waals surface area (Å²) in [7, 11) is 0. The molecule has 1 saturated carbocycles. The normalized spacial score (nSPS) is 34.5. The monoisotopic (exact) mass is 649 g/mol. The van der Waals surface area contributed by atoms with Crippen LogP contribution in [0.25, 0.3) is 22.3 Å². The minimum Gasteiger partial charge on any atom is -0.387 e. The van der Waals surface area contributed by atoms with E-state index in [-0.39, 0.29) is 28.3 Å². The lowest BCUT2D eigenvalue weighted by Gasteiger charge is -2.28. The van der Waals surface area contributed by atoms with Crippen LogP contribution in [0.3, 0.4) is 0 Å². The van der Waals surface area contributed by atoms with Gasteiger partial charge in [-0.2, -0.15) is 13.8 Å². The lowest BCUT2D eigenvalue weighted by atomic mass is 10.1. The molecule has 18 nitrogen and oxygen atoms in total. The first-order chi connectivity index (χ1) is 20.2. The van der Waals surface area contributed by atoms with E-state index >= 15 is 13.2 Å². The van der Waals surface area contributed by atoms with E-state index in [0.29, 0.717) is 0 Å². The van der Waals surface area contributed by atoms with E-state index in [2.05, 4.69) is 42.2 Å². The molecular formula is C20H19F3N9O9PS. The Morgan fingerprint density at radius 1 is 1.07 bits per heavy atom. The van der Waals surface area contributed by atoms with Crippen LogP contribution < -0.4 is 16.9 Å². The van der Waals surface area contributed by atoms with Crippen LogP contribution in [0.15, 0.2) is 28.6 Å². The fourth-order valence-electron chi connectivity index (χ4n) is 5.23. The molecule has 43 heavy (non-hydrogen) atoms. The number of hydrogen-bond donors (Lipinski definition) is 6. The van der Waals surface area contributed by atoms with Crippen LogP contribution in [0.5, 0.6) is 0 Å². The molecule has 23 heteroatoms. The predicted molar refractivity (Wildman–Crippen MR) is 137 cm³/mol. The quantitative estimate of drug-likeness (QED) is 0.105. The second-order valence-electron chi connectivity index (χ2n) is 9.99. The number of nitrogens with two attached hydrogens (primary N) is 1. The first-order valence-corrected chi connectivity index (χ1v) is 15.0. The zero-order valence-corrected chi connectivity index (χ0v) is 22.8. The Hall–Kier alpha value is -3.37. The maximum absolute atomic E-state index is 15.7. The van der Waals surface area contributed by atoms with Gasteiger partial charge in [0.15, 0.2) is 46.4 Å². The lowest BCUT2D eigenvalue weighted by molar-refractivity contribution is -0.138. The van der Waals surface area contributed by atoms with Crippen molar-refractivity contribution in [3.05, 3.63) is 39.7 Å². The van der Waals surface area contributed by atoms with E-state index in [0.717, 1.165) is 28.1 Å². The summed E-state index contributed by atoms with van der Waals surface area (Å²) in [5.41, 5.74) is 0.731. The van der Waals surface area contributed by atoms with E-state index in [9.17, 15) is 24.4 Å². The molecule has 6 heterocycles. The van der Waals surface area contributed by atoms with Gasteiger partial charge in [-0.25, -0.2) is 23.9 Å². The molecule has 4 aromatic rings. The number of aromatic nitrogens is 8. The first kappa shape index (κ1) is 28.4. The Balaban J connectivity index is 1.11. The second kappa shape index (κ2) is 9.32. The van der Waals surface area contributed by atoms with Gasteiger partial charge in [0, 0.05) is 0 Å². The molecule has 0 radical (unpaired) electrons. The number of ether oxygens (including phenoxy) is 2. The van der Waals surface area contributed by atoms with Gasteiger partial charge >= 0.3 is 12.7 Å². The number of aliphatic hydroxyl groups is 2. The third kappa shape index (κ3) is 4.16. The van der Waals surface area contributed by atoms with Crippen LogP contribution in [0.4, 0.5) is 19.1 Å². The Labute approximate surface area is 239 Å². The summed E-state index contributed by atoms with van der Waals surface area (Å²) in [6.07, 6.45) is -10.1. The minimum atomic E-state index is -4.68. The van der Waals surface area contributed by atoms with Gasteiger partial charge in [-0.15, -0.1) is 0 Å². The Morgan fingerprint density at radius 3 is 2.51 bits per heavy atom. The van der Waals surface area contributed by atoms with E-state index in [4.69, 9.17) is 24.3 Å². The predicted octanol–water partition coefficient (Wildman–Crippen LogP) is -0.852. The van der Waals surface area contributed by atoms with Crippen molar-refractivity contribution < 1.29 is 46.5 Å². The smallest absolute Gasteiger partial charge is 0.386 e. The molecule has 6 N–H and O–H groups in total. The van der Waals surface area contributed by atoms with Crippen LogP contribution >= 0.6 is 19.0 Å². The van der Waals surface area contributed by atoms with Crippen molar-refractivity contribution in [2.24, 2.45) is 0 Å². The maximum atomic E-state index is 15.7. The number of nitrogen functional groups attached to an aromatic ring is 1. The zero-order valence-electron chi connectivity index (χ0n) is 21.0. The van der Waals surface area contributed by atoms with Gasteiger partial charge in [-0.3, -0.25) is 32.8 Å². The standard InChI is InChI=1S/C20H19F3N9O9PS/c21-19-9(34)10(19)40-16(31-3-27-7-13(31)29-18(24)30-15(7)36)11(19)41-42(37,43)38-1-5-8(33)20(22,23)17(39-5)32-4-28-6-12(32)25-2-26-14(6)35/h2-5,8-11,16-17,33-34H,1H2,(H,37,43)(H,25,26,35)(H3,24,29,30,36)/t5-,8-,9?,10-,11+,16-,17-,19-,42?/m1/s1. The third-order valence-electron chi connectivity index (χ3n) is 7.42. The largest absolute Gasteiger partial charge is 0.387 e. The fourth-order valence-corrected chi connectivity index (χ4v) is 6.69. The summed E-state index contributed by atoms with van der Waals surface area (Å²) in [5, 5.41) is 20.4. The second-order valence-corrected chi connectivity index (χ2v) is 12.9. The van der Waals surface area contributed by atoms with Crippen molar-refractivity contribution >= 4 is 47.3 Å². The van der Waals surface area contributed by atoms with Crippen LogP contribution in [-0.4, -0.2) is 98.0 Å². The molecule has 0 aromatic carbocycles. The summed E-state index contributed by atoms with van der Waals surface area (Å²) in [5.74, 6) is -4.27. The summed E-state index contributed by atoms with van der Waals surface area (Å²) < 4.78 is 82.2. The highest BCUT2D eigenvalue weighted by molar-refractivity contribution is 8.44. The summed E-state index contributed by atoms with van der Waals surface area (Å²) in [4.78, 5) is 44.0. The molecule has 7 rings (SSSR count). The highest BCUT2D eigenvalue weighted by Crippen LogP contribution is 2.64.